The lowest BCUT2D eigenvalue weighted by Gasteiger charge is -2.31. The Morgan fingerprint density at radius 1 is 1.46 bits per heavy atom. The van der Waals surface area contributed by atoms with Crippen LogP contribution in [0.15, 0.2) is 28.9 Å². The minimum atomic E-state index is -0.402. The predicted octanol–water partition coefficient (Wildman–Crippen LogP) is 1.57. The van der Waals surface area contributed by atoms with Crippen LogP contribution >= 0.6 is 0 Å². The van der Waals surface area contributed by atoms with Crippen molar-refractivity contribution in [1.29, 1.82) is 0 Å². The maximum absolute atomic E-state index is 12.3. The minimum Gasteiger partial charge on any atom is -0.482 e. The van der Waals surface area contributed by atoms with Gasteiger partial charge < -0.3 is 18.8 Å². The molecule has 0 N–H and O–H groups in total. The molecule has 1 saturated heterocycles. The topological polar surface area (TPSA) is 90.6 Å². The van der Waals surface area contributed by atoms with Crippen LogP contribution in [0.1, 0.15) is 37.7 Å². The van der Waals surface area contributed by atoms with E-state index in [0.29, 0.717) is 37.2 Å². The van der Waals surface area contributed by atoms with Crippen molar-refractivity contribution in [3.8, 4) is 5.75 Å². The third-order valence-electron chi connectivity index (χ3n) is 3.64. The Labute approximate surface area is 139 Å². The normalized spacial score (nSPS) is 18.0. The van der Waals surface area contributed by atoms with Gasteiger partial charge in [-0.25, -0.2) is 0 Å². The van der Waals surface area contributed by atoms with Crippen LogP contribution in [0.4, 0.5) is 0 Å². The molecule has 1 unspecified atom stereocenters. The first-order valence-electron chi connectivity index (χ1n) is 7.89. The van der Waals surface area contributed by atoms with E-state index in [9.17, 15) is 4.79 Å². The number of rotatable bonds is 5. The molecule has 0 aromatic carbocycles. The standard InChI is InChI=1S/C16H20N4O4/c1-11(2)15-18-19-16(24-15)13-9-20(6-7-22-13)14(21)10-23-12-4-3-5-17-8-12/h3-5,8,11,13H,6-7,9-10H2,1-2H3. The van der Waals surface area contributed by atoms with Crippen LogP contribution in [-0.2, 0) is 9.53 Å². The fourth-order valence-electron chi connectivity index (χ4n) is 2.30. The molecule has 1 aliphatic heterocycles. The molecule has 0 saturated carbocycles. The van der Waals surface area contributed by atoms with Gasteiger partial charge in [0.05, 0.1) is 19.3 Å². The Hall–Kier alpha value is -2.48. The molecule has 0 spiro atoms. The average Bonchev–Trinajstić information content (AvgIpc) is 3.11. The van der Waals surface area contributed by atoms with Crippen LogP contribution in [0.5, 0.6) is 5.75 Å². The van der Waals surface area contributed by atoms with Crippen LogP contribution in [-0.4, -0.2) is 52.3 Å². The molecular weight excluding hydrogens is 312 g/mol. The van der Waals surface area contributed by atoms with E-state index in [1.54, 1.807) is 29.4 Å². The second kappa shape index (κ2) is 7.39. The fraction of sp³-hybridized carbons (Fsp3) is 0.500. The van der Waals surface area contributed by atoms with Crippen LogP contribution in [0, 0.1) is 0 Å². The van der Waals surface area contributed by atoms with Crippen molar-refractivity contribution in [3.63, 3.8) is 0 Å². The lowest BCUT2D eigenvalue weighted by Crippen LogP contribution is -2.44. The zero-order valence-electron chi connectivity index (χ0n) is 13.7. The Morgan fingerprint density at radius 2 is 2.33 bits per heavy atom. The van der Waals surface area contributed by atoms with Gasteiger partial charge in [-0.05, 0) is 12.1 Å². The van der Waals surface area contributed by atoms with E-state index < -0.39 is 6.10 Å². The zero-order chi connectivity index (χ0) is 16.9. The number of amides is 1. The van der Waals surface area contributed by atoms with E-state index in [0.717, 1.165) is 0 Å². The van der Waals surface area contributed by atoms with Crippen molar-refractivity contribution >= 4 is 5.91 Å². The summed E-state index contributed by atoms with van der Waals surface area (Å²) in [6.07, 6.45) is 2.82. The summed E-state index contributed by atoms with van der Waals surface area (Å²) in [4.78, 5) is 18.0. The first-order chi connectivity index (χ1) is 11.6. The summed E-state index contributed by atoms with van der Waals surface area (Å²) < 4.78 is 16.7. The molecule has 1 aliphatic rings. The molecule has 1 atom stereocenters. The van der Waals surface area contributed by atoms with Gasteiger partial charge in [0, 0.05) is 18.7 Å². The monoisotopic (exact) mass is 332 g/mol. The first kappa shape index (κ1) is 16.4. The van der Waals surface area contributed by atoms with Crippen molar-refractivity contribution < 1.29 is 18.7 Å². The van der Waals surface area contributed by atoms with Gasteiger partial charge in [-0.1, -0.05) is 13.8 Å². The molecule has 128 valence electrons. The van der Waals surface area contributed by atoms with E-state index >= 15 is 0 Å². The highest BCUT2D eigenvalue weighted by molar-refractivity contribution is 5.77. The summed E-state index contributed by atoms with van der Waals surface area (Å²) in [7, 11) is 0. The molecule has 2 aromatic rings. The summed E-state index contributed by atoms with van der Waals surface area (Å²) in [5.74, 6) is 1.58. The number of carbonyl (C=O) groups excluding carboxylic acids is 1. The number of ether oxygens (including phenoxy) is 2. The van der Waals surface area contributed by atoms with Gasteiger partial charge in [0.2, 0.25) is 11.8 Å². The largest absolute Gasteiger partial charge is 0.482 e. The SMILES string of the molecule is CC(C)c1nnc(C2CN(C(=O)COc3cccnc3)CCO2)o1. The summed E-state index contributed by atoms with van der Waals surface area (Å²) >= 11 is 0. The molecule has 8 nitrogen and oxygen atoms in total. The van der Waals surface area contributed by atoms with Gasteiger partial charge in [-0.15, -0.1) is 10.2 Å². The highest BCUT2D eigenvalue weighted by Gasteiger charge is 2.29. The third kappa shape index (κ3) is 3.88. The van der Waals surface area contributed by atoms with Crippen LogP contribution in [0.3, 0.4) is 0 Å². The van der Waals surface area contributed by atoms with Crippen molar-refractivity contribution in [3.05, 3.63) is 36.3 Å². The lowest BCUT2D eigenvalue weighted by atomic mass is 10.2. The molecule has 0 aliphatic carbocycles. The molecule has 8 heteroatoms. The molecule has 24 heavy (non-hydrogen) atoms. The summed E-state index contributed by atoms with van der Waals surface area (Å²) in [5, 5.41) is 8.03. The van der Waals surface area contributed by atoms with Crippen molar-refractivity contribution in [1.82, 2.24) is 20.1 Å². The highest BCUT2D eigenvalue weighted by atomic mass is 16.5. The van der Waals surface area contributed by atoms with E-state index in [4.69, 9.17) is 13.9 Å². The van der Waals surface area contributed by atoms with Gasteiger partial charge in [0.1, 0.15) is 5.75 Å². The first-order valence-corrected chi connectivity index (χ1v) is 7.89. The molecule has 1 fully saturated rings. The number of aromatic nitrogens is 3. The summed E-state index contributed by atoms with van der Waals surface area (Å²) in [6, 6.07) is 3.51. The number of morpholine rings is 1. The van der Waals surface area contributed by atoms with Gasteiger partial charge in [-0.3, -0.25) is 9.78 Å². The Bertz CT molecular complexity index is 674. The quantitative estimate of drug-likeness (QED) is 0.820. The molecular formula is C16H20N4O4. The van der Waals surface area contributed by atoms with Crippen LogP contribution in [0.2, 0.25) is 0 Å². The Morgan fingerprint density at radius 3 is 3.04 bits per heavy atom. The van der Waals surface area contributed by atoms with Crippen LogP contribution in [0.25, 0.3) is 0 Å². The van der Waals surface area contributed by atoms with Gasteiger partial charge in [0.15, 0.2) is 12.7 Å². The van der Waals surface area contributed by atoms with Gasteiger partial charge in [0.25, 0.3) is 5.91 Å². The number of nitrogens with zero attached hydrogens (tertiary/aromatic N) is 4. The maximum Gasteiger partial charge on any atom is 0.260 e. The number of hydrogen-bond acceptors (Lipinski definition) is 7. The second-order valence-electron chi connectivity index (χ2n) is 5.81. The zero-order valence-corrected chi connectivity index (χ0v) is 13.7. The predicted molar refractivity (Wildman–Crippen MR) is 83.4 cm³/mol. The van der Waals surface area contributed by atoms with Crippen molar-refractivity contribution in [2.75, 3.05) is 26.3 Å². The summed E-state index contributed by atoms with van der Waals surface area (Å²) in [6.45, 7) is 5.21. The van der Waals surface area contributed by atoms with E-state index in [2.05, 4.69) is 15.2 Å². The Balaban J connectivity index is 1.57. The smallest absolute Gasteiger partial charge is 0.260 e. The maximum atomic E-state index is 12.3. The number of pyridine rings is 1. The molecule has 3 rings (SSSR count). The number of carbonyl (C=O) groups is 1. The van der Waals surface area contributed by atoms with Crippen LogP contribution < -0.4 is 4.74 Å². The summed E-state index contributed by atoms with van der Waals surface area (Å²) in [5.41, 5.74) is 0. The number of hydrogen-bond donors (Lipinski definition) is 0. The van der Waals surface area contributed by atoms with Crippen molar-refractivity contribution in [2.45, 2.75) is 25.9 Å². The molecule has 0 radical (unpaired) electrons. The van der Waals surface area contributed by atoms with E-state index in [-0.39, 0.29) is 18.4 Å². The highest BCUT2D eigenvalue weighted by Crippen LogP contribution is 2.23. The van der Waals surface area contributed by atoms with Gasteiger partial charge >= 0.3 is 0 Å². The third-order valence-corrected chi connectivity index (χ3v) is 3.64. The van der Waals surface area contributed by atoms with Crippen molar-refractivity contribution in [2.24, 2.45) is 0 Å². The molecule has 1 amide bonds. The lowest BCUT2D eigenvalue weighted by molar-refractivity contribution is -0.142. The Kier molecular flexibility index (Phi) is 5.05. The molecule has 3 heterocycles. The fourth-order valence-corrected chi connectivity index (χ4v) is 2.30. The van der Waals surface area contributed by atoms with E-state index in [1.807, 2.05) is 13.8 Å². The van der Waals surface area contributed by atoms with E-state index in [1.165, 1.54) is 0 Å². The second-order valence-corrected chi connectivity index (χ2v) is 5.81. The van der Waals surface area contributed by atoms with Gasteiger partial charge in [-0.2, -0.15) is 0 Å². The average molecular weight is 332 g/mol. The molecule has 0 bridgehead atoms. The minimum absolute atomic E-state index is 0.0422. The molecule has 2 aromatic heterocycles.